The third kappa shape index (κ3) is 2.63. The van der Waals surface area contributed by atoms with E-state index in [2.05, 4.69) is 43.4 Å². The Labute approximate surface area is 126 Å². The zero-order valence-electron chi connectivity index (χ0n) is 13.0. The zero-order chi connectivity index (χ0) is 15.0. The summed E-state index contributed by atoms with van der Waals surface area (Å²) in [6.45, 7) is 6.54. The van der Waals surface area contributed by atoms with Gasteiger partial charge in [-0.2, -0.15) is 0 Å². The van der Waals surface area contributed by atoms with Crippen LogP contribution in [0.1, 0.15) is 43.0 Å². The van der Waals surface area contributed by atoms with Gasteiger partial charge in [-0.15, -0.1) is 0 Å². The fourth-order valence-electron chi connectivity index (χ4n) is 3.20. The second kappa shape index (κ2) is 5.10. The number of hydrogen-bond acceptors (Lipinski definition) is 2. The van der Waals surface area contributed by atoms with Crippen molar-refractivity contribution in [1.82, 2.24) is 0 Å². The summed E-state index contributed by atoms with van der Waals surface area (Å²) < 4.78 is 0. The normalized spacial score (nSPS) is 19.9. The molecule has 2 aromatic carbocycles. The first-order valence-electron chi connectivity index (χ1n) is 7.61. The maximum atomic E-state index is 9.91. The fraction of sp³-hybridized carbons (Fsp3) is 0.368. The Morgan fingerprint density at radius 1 is 1.14 bits per heavy atom. The van der Waals surface area contributed by atoms with Crippen LogP contribution in [0.4, 0.5) is 5.69 Å². The lowest BCUT2D eigenvalue weighted by molar-refractivity contribution is 0.265. The number of aryl methyl sites for hydroxylation is 2. The number of fused-ring (bicyclic) bond motifs is 1. The lowest BCUT2D eigenvalue weighted by Crippen LogP contribution is -2.33. The van der Waals surface area contributed by atoms with E-state index in [1.807, 2.05) is 25.1 Å². The zero-order valence-corrected chi connectivity index (χ0v) is 13.0. The van der Waals surface area contributed by atoms with Crippen molar-refractivity contribution in [2.45, 2.75) is 39.7 Å². The first-order chi connectivity index (χ1) is 9.97. The highest BCUT2D eigenvalue weighted by atomic mass is 16.3. The molecule has 21 heavy (non-hydrogen) atoms. The molecule has 2 heteroatoms. The highest BCUT2D eigenvalue weighted by Gasteiger charge is 2.35. The molecule has 2 nitrogen and oxygen atoms in total. The van der Waals surface area contributed by atoms with E-state index in [0.29, 0.717) is 5.75 Å². The van der Waals surface area contributed by atoms with Crippen molar-refractivity contribution in [2.24, 2.45) is 5.41 Å². The fourth-order valence-corrected chi connectivity index (χ4v) is 3.20. The number of phenols is 1. The van der Waals surface area contributed by atoms with E-state index in [-0.39, 0.29) is 11.5 Å². The van der Waals surface area contributed by atoms with Crippen LogP contribution >= 0.6 is 0 Å². The van der Waals surface area contributed by atoms with Crippen LogP contribution in [-0.4, -0.2) is 5.11 Å². The first kappa shape index (κ1) is 14.0. The van der Waals surface area contributed by atoms with E-state index >= 15 is 0 Å². The van der Waals surface area contributed by atoms with Gasteiger partial charge >= 0.3 is 0 Å². The molecule has 0 heterocycles. The van der Waals surface area contributed by atoms with Gasteiger partial charge in [-0.05, 0) is 47.9 Å². The number of nitrogens with one attached hydrogen (secondary N) is 1. The van der Waals surface area contributed by atoms with Crippen LogP contribution in [0.5, 0.6) is 5.75 Å². The van der Waals surface area contributed by atoms with Crippen molar-refractivity contribution < 1.29 is 5.11 Å². The van der Waals surface area contributed by atoms with Crippen molar-refractivity contribution in [3.8, 4) is 5.75 Å². The summed E-state index contributed by atoms with van der Waals surface area (Å²) in [7, 11) is 0. The highest BCUT2D eigenvalue weighted by molar-refractivity contribution is 5.53. The van der Waals surface area contributed by atoms with Crippen LogP contribution in [0.15, 0.2) is 42.5 Å². The minimum atomic E-state index is 0.189. The average Bonchev–Trinajstić information content (AvgIpc) is 2.46. The smallest absolute Gasteiger partial charge is 0.120 e. The van der Waals surface area contributed by atoms with Gasteiger partial charge in [0.2, 0.25) is 0 Å². The van der Waals surface area contributed by atoms with Gasteiger partial charge in [-0.25, -0.2) is 0 Å². The number of anilines is 1. The van der Waals surface area contributed by atoms with Crippen LogP contribution in [0, 0.1) is 12.3 Å². The molecule has 0 amide bonds. The topological polar surface area (TPSA) is 32.3 Å². The largest absolute Gasteiger partial charge is 0.508 e. The van der Waals surface area contributed by atoms with E-state index < -0.39 is 0 Å². The molecule has 2 aromatic rings. The molecule has 1 aliphatic rings. The standard InChI is InChI=1S/C19H23NO/c1-13-8-9-15(12-17(13)21)20-18-16-7-5-4-6-14(16)10-11-19(18,2)3/h4-9,12,18,20-21H,10-11H2,1-3H3. The summed E-state index contributed by atoms with van der Waals surface area (Å²) >= 11 is 0. The molecule has 1 unspecified atom stereocenters. The van der Waals surface area contributed by atoms with Gasteiger partial charge in [0, 0.05) is 11.8 Å². The Morgan fingerprint density at radius 2 is 1.90 bits per heavy atom. The van der Waals surface area contributed by atoms with Crippen LogP contribution in [-0.2, 0) is 6.42 Å². The van der Waals surface area contributed by atoms with E-state index in [4.69, 9.17) is 0 Å². The minimum absolute atomic E-state index is 0.189. The maximum Gasteiger partial charge on any atom is 0.120 e. The Balaban J connectivity index is 1.97. The number of aromatic hydroxyl groups is 1. The molecule has 0 radical (unpaired) electrons. The Bertz CT molecular complexity index is 660. The van der Waals surface area contributed by atoms with Crippen LogP contribution in [0.25, 0.3) is 0 Å². The summed E-state index contributed by atoms with van der Waals surface area (Å²) in [6, 6.07) is 14.8. The molecular formula is C19H23NO. The molecule has 1 aliphatic carbocycles. The lowest BCUT2D eigenvalue weighted by Gasteiger charge is -2.41. The van der Waals surface area contributed by atoms with E-state index in [1.54, 1.807) is 0 Å². The minimum Gasteiger partial charge on any atom is -0.508 e. The van der Waals surface area contributed by atoms with Crippen molar-refractivity contribution in [3.05, 3.63) is 59.2 Å². The molecule has 1 atom stereocenters. The molecule has 0 saturated heterocycles. The van der Waals surface area contributed by atoms with E-state index in [0.717, 1.165) is 17.7 Å². The van der Waals surface area contributed by atoms with Gasteiger partial charge in [0.1, 0.15) is 5.75 Å². The molecule has 0 aromatic heterocycles. The number of hydrogen-bond donors (Lipinski definition) is 2. The monoisotopic (exact) mass is 281 g/mol. The maximum absolute atomic E-state index is 9.91. The van der Waals surface area contributed by atoms with Gasteiger partial charge < -0.3 is 10.4 Å². The summed E-state index contributed by atoms with van der Waals surface area (Å²) in [4.78, 5) is 0. The van der Waals surface area contributed by atoms with Gasteiger partial charge in [0.05, 0.1) is 6.04 Å². The summed E-state index contributed by atoms with van der Waals surface area (Å²) in [5, 5.41) is 13.6. The van der Waals surface area contributed by atoms with Crippen LogP contribution in [0.3, 0.4) is 0 Å². The van der Waals surface area contributed by atoms with Gasteiger partial charge in [-0.3, -0.25) is 0 Å². The molecular weight excluding hydrogens is 258 g/mol. The summed E-state index contributed by atoms with van der Waals surface area (Å²) in [5.41, 5.74) is 4.89. The molecule has 0 aliphatic heterocycles. The first-order valence-corrected chi connectivity index (χ1v) is 7.61. The summed E-state index contributed by atoms with van der Waals surface area (Å²) in [5.74, 6) is 0.349. The molecule has 3 rings (SSSR count). The Hall–Kier alpha value is -1.96. The molecule has 0 fully saturated rings. The number of phenolic OH excluding ortho intramolecular Hbond substituents is 1. The second-order valence-corrected chi connectivity index (χ2v) is 6.77. The molecule has 0 spiro atoms. The third-order valence-electron chi connectivity index (χ3n) is 4.71. The Morgan fingerprint density at radius 3 is 2.67 bits per heavy atom. The van der Waals surface area contributed by atoms with Crippen molar-refractivity contribution >= 4 is 5.69 Å². The number of benzene rings is 2. The average molecular weight is 281 g/mol. The van der Waals surface area contributed by atoms with Crippen LogP contribution in [0.2, 0.25) is 0 Å². The van der Waals surface area contributed by atoms with Gasteiger partial charge in [0.15, 0.2) is 0 Å². The second-order valence-electron chi connectivity index (χ2n) is 6.77. The van der Waals surface area contributed by atoms with Gasteiger partial charge in [0.25, 0.3) is 0 Å². The van der Waals surface area contributed by atoms with Crippen molar-refractivity contribution in [1.29, 1.82) is 0 Å². The molecule has 0 bridgehead atoms. The van der Waals surface area contributed by atoms with E-state index in [9.17, 15) is 5.11 Å². The summed E-state index contributed by atoms with van der Waals surface area (Å²) in [6.07, 6.45) is 2.31. The predicted molar refractivity (Wildman–Crippen MR) is 87.8 cm³/mol. The lowest BCUT2D eigenvalue weighted by atomic mass is 9.70. The van der Waals surface area contributed by atoms with Crippen molar-refractivity contribution in [3.63, 3.8) is 0 Å². The SMILES string of the molecule is Cc1ccc(NC2c3ccccc3CCC2(C)C)cc1O. The van der Waals surface area contributed by atoms with Gasteiger partial charge in [-0.1, -0.05) is 44.2 Å². The predicted octanol–water partition coefficient (Wildman–Crippen LogP) is 4.83. The molecule has 0 saturated carbocycles. The van der Waals surface area contributed by atoms with Crippen molar-refractivity contribution in [2.75, 3.05) is 5.32 Å². The van der Waals surface area contributed by atoms with Crippen LogP contribution < -0.4 is 5.32 Å². The third-order valence-corrected chi connectivity index (χ3v) is 4.71. The number of rotatable bonds is 2. The quantitative estimate of drug-likeness (QED) is 0.826. The highest BCUT2D eigenvalue weighted by Crippen LogP contribution is 2.45. The molecule has 110 valence electrons. The Kier molecular flexibility index (Phi) is 3.40. The molecule has 2 N–H and O–H groups in total. The van der Waals surface area contributed by atoms with E-state index in [1.165, 1.54) is 17.5 Å².